The number of hydrogen-bond donors (Lipinski definition) is 0. The maximum Gasteiger partial charge on any atom is 0.437 e. The molecule has 0 N–H and O–H groups in total. The van der Waals surface area contributed by atoms with Crippen molar-refractivity contribution in [1.82, 2.24) is 9.88 Å². The van der Waals surface area contributed by atoms with Crippen LogP contribution in [0.5, 0.6) is 5.75 Å². The zero-order chi connectivity index (χ0) is 20.6. The molecule has 2 fully saturated rings. The molecule has 8 heteroatoms. The predicted molar refractivity (Wildman–Crippen MR) is 97.0 cm³/mol. The molecule has 5 nitrogen and oxygen atoms in total. The van der Waals surface area contributed by atoms with Crippen LogP contribution in [0.15, 0.2) is 18.3 Å². The maximum atomic E-state index is 13.1. The van der Waals surface area contributed by atoms with E-state index in [0.29, 0.717) is 25.9 Å². The molecule has 1 saturated carbocycles. The second-order valence-electron chi connectivity index (χ2n) is 8.80. The summed E-state index contributed by atoms with van der Waals surface area (Å²) in [7, 11) is 0. The standard InChI is InChI=1S/C20H27F3N2O3/c1-18(2,3)28-17(26)25-11-8-19(9-12-25)7-6-14(13-19)27-15-5-4-10-24-16(15)20(21,22)23/h4-5,10,14H,6-9,11-13H2,1-3H3. The first-order valence-electron chi connectivity index (χ1n) is 9.64. The molecule has 2 heterocycles. The van der Waals surface area contributed by atoms with Gasteiger partial charge in [0, 0.05) is 19.3 Å². The van der Waals surface area contributed by atoms with Crippen LogP contribution in [0, 0.1) is 5.41 Å². The number of alkyl halides is 3. The van der Waals surface area contributed by atoms with Gasteiger partial charge >= 0.3 is 12.3 Å². The molecular formula is C20H27F3N2O3. The second-order valence-corrected chi connectivity index (χ2v) is 8.80. The summed E-state index contributed by atoms with van der Waals surface area (Å²) < 4.78 is 50.5. The molecule has 1 saturated heterocycles. The van der Waals surface area contributed by atoms with Crippen molar-refractivity contribution in [2.45, 2.75) is 70.8 Å². The van der Waals surface area contributed by atoms with Gasteiger partial charge in [0.15, 0.2) is 11.4 Å². The molecular weight excluding hydrogens is 373 g/mol. The van der Waals surface area contributed by atoms with Crippen LogP contribution in [-0.2, 0) is 10.9 Å². The highest BCUT2D eigenvalue weighted by atomic mass is 19.4. The van der Waals surface area contributed by atoms with E-state index in [1.807, 2.05) is 20.8 Å². The fourth-order valence-corrected chi connectivity index (χ4v) is 4.08. The molecule has 28 heavy (non-hydrogen) atoms. The lowest BCUT2D eigenvalue weighted by Crippen LogP contribution is -2.44. The van der Waals surface area contributed by atoms with Gasteiger partial charge in [0.05, 0.1) is 6.10 Å². The minimum atomic E-state index is -4.54. The van der Waals surface area contributed by atoms with Crippen LogP contribution >= 0.6 is 0 Å². The molecule has 1 spiro atoms. The third-order valence-corrected chi connectivity index (χ3v) is 5.47. The van der Waals surface area contributed by atoms with Gasteiger partial charge in [-0.15, -0.1) is 0 Å². The Labute approximate surface area is 163 Å². The smallest absolute Gasteiger partial charge is 0.437 e. The van der Waals surface area contributed by atoms with Crippen molar-refractivity contribution in [3.63, 3.8) is 0 Å². The number of ether oxygens (including phenoxy) is 2. The summed E-state index contributed by atoms with van der Waals surface area (Å²) in [6, 6.07) is 2.78. The Morgan fingerprint density at radius 1 is 1.21 bits per heavy atom. The molecule has 1 amide bonds. The quantitative estimate of drug-likeness (QED) is 0.697. The monoisotopic (exact) mass is 400 g/mol. The molecule has 1 aliphatic carbocycles. The van der Waals surface area contributed by atoms with Gasteiger partial charge in [0.1, 0.15) is 5.60 Å². The molecule has 1 aliphatic heterocycles. The molecule has 2 aliphatic rings. The molecule has 1 unspecified atom stereocenters. The highest BCUT2D eigenvalue weighted by molar-refractivity contribution is 5.68. The summed E-state index contributed by atoms with van der Waals surface area (Å²) in [5, 5.41) is 0. The number of piperidine rings is 1. The Kier molecular flexibility index (Phi) is 5.51. The Bertz CT molecular complexity index is 707. The highest BCUT2D eigenvalue weighted by Gasteiger charge is 2.44. The van der Waals surface area contributed by atoms with E-state index in [4.69, 9.17) is 9.47 Å². The first kappa shape index (κ1) is 20.7. The van der Waals surface area contributed by atoms with Gasteiger partial charge in [-0.1, -0.05) is 0 Å². The number of halogens is 3. The average Bonchev–Trinajstić information content (AvgIpc) is 2.95. The zero-order valence-corrected chi connectivity index (χ0v) is 16.5. The average molecular weight is 400 g/mol. The lowest BCUT2D eigenvalue weighted by atomic mass is 9.77. The third-order valence-electron chi connectivity index (χ3n) is 5.47. The van der Waals surface area contributed by atoms with Crippen molar-refractivity contribution < 1.29 is 27.4 Å². The number of pyridine rings is 1. The van der Waals surface area contributed by atoms with Crippen molar-refractivity contribution in [3.8, 4) is 5.75 Å². The molecule has 0 radical (unpaired) electrons. The molecule has 156 valence electrons. The van der Waals surface area contributed by atoms with Crippen LogP contribution in [0.2, 0.25) is 0 Å². The van der Waals surface area contributed by atoms with E-state index in [0.717, 1.165) is 25.5 Å². The Hall–Kier alpha value is -1.99. The van der Waals surface area contributed by atoms with E-state index in [-0.39, 0.29) is 23.4 Å². The number of hydrogen-bond acceptors (Lipinski definition) is 4. The van der Waals surface area contributed by atoms with Gasteiger partial charge in [0.25, 0.3) is 0 Å². The first-order valence-corrected chi connectivity index (χ1v) is 9.64. The largest absolute Gasteiger partial charge is 0.488 e. The lowest BCUT2D eigenvalue weighted by Gasteiger charge is -2.39. The number of likely N-dealkylation sites (tertiary alicyclic amines) is 1. The summed E-state index contributed by atoms with van der Waals surface area (Å²) >= 11 is 0. The van der Waals surface area contributed by atoms with E-state index in [1.54, 1.807) is 4.90 Å². The summed E-state index contributed by atoms with van der Waals surface area (Å²) in [4.78, 5) is 17.4. The number of rotatable bonds is 2. The normalized spacial score (nSPS) is 22.4. The molecule has 3 rings (SSSR count). The van der Waals surface area contributed by atoms with Crippen LogP contribution in [-0.4, -0.2) is 40.8 Å². The summed E-state index contributed by atoms with van der Waals surface area (Å²) in [5.41, 5.74) is -1.49. The van der Waals surface area contributed by atoms with E-state index >= 15 is 0 Å². The highest BCUT2D eigenvalue weighted by Crippen LogP contribution is 2.48. The third kappa shape index (κ3) is 4.89. The van der Waals surface area contributed by atoms with Crippen molar-refractivity contribution in [1.29, 1.82) is 0 Å². The van der Waals surface area contributed by atoms with E-state index in [1.165, 1.54) is 12.1 Å². The Morgan fingerprint density at radius 2 is 1.89 bits per heavy atom. The molecule has 0 bridgehead atoms. The first-order chi connectivity index (χ1) is 13.0. The van der Waals surface area contributed by atoms with Gasteiger partial charge in [0.2, 0.25) is 0 Å². The Balaban J connectivity index is 1.58. The fraction of sp³-hybridized carbons (Fsp3) is 0.700. The van der Waals surface area contributed by atoms with Crippen molar-refractivity contribution >= 4 is 6.09 Å². The van der Waals surface area contributed by atoms with Crippen molar-refractivity contribution in [2.24, 2.45) is 5.41 Å². The van der Waals surface area contributed by atoms with Crippen LogP contribution in [0.4, 0.5) is 18.0 Å². The van der Waals surface area contributed by atoms with Crippen LogP contribution in [0.1, 0.15) is 58.6 Å². The molecule has 0 aromatic carbocycles. The summed E-state index contributed by atoms with van der Waals surface area (Å²) in [6.45, 7) is 6.71. The molecule has 1 atom stereocenters. The van der Waals surface area contributed by atoms with Gasteiger partial charge < -0.3 is 14.4 Å². The number of carbonyl (C=O) groups is 1. The van der Waals surface area contributed by atoms with Crippen molar-refractivity contribution in [2.75, 3.05) is 13.1 Å². The summed E-state index contributed by atoms with van der Waals surface area (Å²) in [5.74, 6) is -0.205. The van der Waals surface area contributed by atoms with Crippen molar-refractivity contribution in [3.05, 3.63) is 24.0 Å². The number of aromatic nitrogens is 1. The minimum absolute atomic E-state index is 0.0176. The van der Waals surface area contributed by atoms with Gasteiger partial charge in [-0.05, 0) is 70.4 Å². The van der Waals surface area contributed by atoms with Gasteiger partial charge in [-0.3, -0.25) is 0 Å². The minimum Gasteiger partial charge on any atom is -0.488 e. The number of carbonyl (C=O) groups excluding carboxylic acids is 1. The van der Waals surface area contributed by atoms with Crippen LogP contribution in [0.25, 0.3) is 0 Å². The second kappa shape index (κ2) is 7.44. The maximum absolute atomic E-state index is 13.1. The number of nitrogens with zero attached hydrogens (tertiary/aromatic N) is 2. The predicted octanol–water partition coefficient (Wildman–Crippen LogP) is 5.05. The molecule has 1 aromatic rings. The van der Waals surface area contributed by atoms with Gasteiger partial charge in [-0.25, -0.2) is 9.78 Å². The molecule has 1 aromatic heterocycles. The van der Waals surface area contributed by atoms with Crippen LogP contribution < -0.4 is 4.74 Å². The topological polar surface area (TPSA) is 51.7 Å². The van der Waals surface area contributed by atoms with E-state index < -0.39 is 17.5 Å². The van der Waals surface area contributed by atoms with Crippen LogP contribution in [0.3, 0.4) is 0 Å². The summed E-state index contributed by atoms with van der Waals surface area (Å²) in [6.07, 6.45) is -0.0707. The SMILES string of the molecule is CC(C)(C)OC(=O)N1CCC2(CCC(Oc3cccnc3C(F)(F)F)C2)CC1. The Morgan fingerprint density at radius 3 is 2.50 bits per heavy atom. The van der Waals surface area contributed by atoms with E-state index in [2.05, 4.69) is 4.98 Å². The fourth-order valence-electron chi connectivity index (χ4n) is 4.08. The van der Waals surface area contributed by atoms with Gasteiger partial charge in [-0.2, -0.15) is 13.2 Å². The lowest BCUT2D eigenvalue weighted by molar-refractivity contribution is -0.143. The zero-order valence-electron chi connectivity index (χ0n) is 16.5. The number of amides is 1. The van der Waals surface area contributed by atoms with E-state index in [9.17, 15) is 18.0 Å².